The van der Waals surface area contributed by atoms with Gasteiger partial charge in [-0.05, 0) is 40.2 Å². The monoisotopic (exact) mass is 525 g/mol. The molecule has 2 aromatic carbocycles. The van der Waals surface area contributed by atoms with E-state index in [9.17, 15) is 13.2 Å². The van der Waals surface area contributed by atoms with Gasteiger partial charge in [0.05, 0.1) is 12.1 Å². The number of benzene rings is 2. The number of hydrogen-bond donors (Lipinski definition) is 0. The van der Waals surface area contributed by atoms with Crippen LogP contribution in [0.25, 0.3) is 0 Å². The molecule has 1 heterocycles. The van der Waals surface area contributed by atoms with Gasteiger partial charge in [0.15, 0.2) is 0 Å². The van der Waals surface area contributed by atoms with Gasteiger partial charge in [-0.15, -0.1) is 11.8 Å². The van der Waals surface area contributed by atoms with E-state index < -0.39 is 18.2 Å². The molecule has 1 aliphatic heterocycles. The molecule has 9 heteroatoms. The SMILES string of the molecule is CC(C)(C)Sc1c(Br)cccc1C1=NO[C@@](c2cc(Cl)cc(Cl)c2)(C(F)(F)F)C1. The molecule has 0 unspecified atom stereocenters. The first-order valence-electron chi connectivity index (χ1n) is 8.59. The molecule has 2 nitrogen and oxygen atoms in total. The third-order valence-corrected chi connectivity index (χ3v) is 6.82. The van der Waals surface area contributed by atoms with Crippen molar-refractivity contribution in [1.82, 2.24) is 0 Å². The lowest BCUT2D eigenvalue weighted by atomic mass is 9.86. The minimum atomic E-state index is -4.73. The van der Waals surface area contributed by atoms with Crippen LogP contribution >= 0.6 is 50.9 Å². The number of nitrogens with zero attached hydrogens (tertiary/aromatic N) is 1. The minimum Gasteiger partial charge on any atom is -0.374 e. The maximum absolute atomic E-state index is 14.2. The van der Waals surface area contributed by atoms with Crippen molar-refractivity contribution in [3.8, 4) is 0 Å². The first kappa shape index (κ1) is 22.8. The number of rotatable bonds is 3. The normalized spacial score (nSPS) is 19.8. The molecule has 3 rings (SSSR count). The molecular weight excluding hydrogens is 510 g/mol. The lowest BCUT2D eigenvalue weighted by molar-refractivity contribution is -0.275. The molecular formula is C20H17BrCl2F3NOS. The zero-order chi connectivity index (χ0) is 21.6. The topological polar surface area (TPSA) is 21.6 Å². The van der Waals surface area contributed by atoms with Crippen molar-refractivity contribution in [2.24, 2.45) is 5.16 Å². The van der Waals surface area contributed by atoms with Crippen molar-refractivity contribution in [2.45, 2.75) is 48.6 Å². The van der Waals surface area contributed by atoms with Gasteiger partial charge in [0.25, 0.3) is 5.60 Å². The molecule has 0 radical (unpaired) electrons. The summed E-state index contributed by atoms with van der Waals surface area (Å²) in [7, 11) is 0. The fraction of sp³-hybridized carbons (Fsp3) is 0.350. The first-order chi connectivity index (χ1) is 13.3. The van der Waals surface area contributed by atoms with Crippen LogP contribution in [0.4, 0.5) is 13.2 Å². The second-order valence-electron chi connectivity index (χ2n) is 7.62. The molecule has 156 valence electrons. The first-order valence-corrected chi connectivity index (χ1v) is 11.0. The predicted molar refractivity (Wildman–Crippen MR) is 116 cm³/mol. The molecule has 0 fully saturated rings. The second kappa shape index (κ2) is 7.98. The molecule has 29 heavy (non-hydrogen) atoms. The Morgan fingerprint density at radius 2 is 1.72 bits per heavy atom. The van der Waals surface area contributed by atoms with E-state index in [1.807, 2.05) is 26.8 Å². The highest BCUT2D eigenvalue weighted by molar-refractivity contribution is 9.10. The Kier molecular flexibility index (Phi) is 6.27. The third kappa shape index (κ3) is 4.73. The number of thioether (sulfide) groups is 1. The summed E-state index contributed by atoms with van der Waals surface area (Å²) in [5.41, 5.74) is -2.02. The average Bonchev–Trinajstić information content (AvgIpc) is 3.01. The van der Waals surface area contributed by atoms with Crippen LogP contribution in [0, 0.1) is 0 Å². The Morgan fingerprint density at radius 3 is 2.28 bits per heavy atom. The van der Waals surface area contributed by atoms with Crippen LogP contribution in [0.5, 0.6) is 0 Å². The molecule has 2 aromatic rings. The highest BCUT2D eigenvalue weighted by Gasteiger charge is 2.62. The largest absolute Gasteiger partial charge is 0.435 e. The molecule has 0 aromatic heterocycles. The maximum Gasteiger partial charge on any atom is 0.435 e. The summed E-state index contributed by atoms with van der Waals surface area (Å²) in [4.78, 5) is 5.92. The summed E-state index contributed by atoms with van der Waals surface area (Å²) in [6, 6.07) is 9.16. The van der Waals surface area contributed by atoms with Gasteiger partial charge in [0.2, 0.25) is 0 Å². The van der Waals surface area contributed by atoms with Crippen LogP contribution in [0.1, 0.15) is 38.3 Å². The van der Waals surface area contributed by atoms with E-state index in [0.29, 0.717) is 5.56 Å². The molecule has 0 amide bonds. The summed E-state index contributed by atoms with van der Waals surface area (Å²) in [6.07, 6.45) is -5.21. The van der Waals surface area contributed by atoms with Gasteiger partial charge in [-0.2, -0.15) is 13.2 Å². The van der Waals surface area contributed by atoms with Gasteiger partial charge in [-0.25, -0.2) is 0 Å². The van der Waals surface area contributed by atoms with Gasteiger partial charge in [0.1, 0.15) is 0 Å². The smallest absolute Gasteiger partial charge is 0.374 e. The van der Waals surface area contributed by atoms with E-state index in [-0.39, 0.29) is 26.1 Å². The molecule has 0 spiro atoms. The molecule has 1 aliphatic rings. The van der Waals surface area contributed by atoms with Gasteiger partial charge in [-0.3, -0.25) is 0 Å². The summed E-state index contributed by atoms with van der Waals surface area (Å²) in [5.74, 6) is 0. The van der Waals surface area contributed by atoms with Gasteiger partial charge in [-0.1, -0.05) is 61.3 Å². The van der Waals surface area contributed by atoms with Crippen molar-refractivity contribution < 1.29 is 18.0 Å². The lowest BCUT2D eigenvalue weighted by Crippen LogP contribution is -2.42. The molecule has 0 aliphatic carbocycles. The Morgan fingerprint density at radius 1 is 1.10 bits per heavy atom. The molecule has 0 saturated heterocycles. The Bertz CT molecular complexity index is 955. The summed E-state index contributed by atoms with van der Waals surface area (Å²) in [6.45, 7) is 6.09. The Hall–Kier alpha value is -0.890. The van der Waals surface area contributed by atoms with Gasteiger partial charge < -0.3 is 4.84 Å². The second-order valence-corrected chi connectivity index (χ2v) is 11.2. The van der Waals surface area contributed by atoms with Crippen LogP contribution in [0.15, 0.2) is 50.9 Å². The summed E-state index contributed by atoms with van der Waals surface area (Å²) >= 11 is 17.0. The van der Waals surface area contributed by atoms with Gasteiger partial charge >= 0.3 is 6.18 Å². The predicted octanol–water partition coefficient (Wildman–Crippen LogP) is 8.23. The van der Waals surface area contributed by atoms with E-state index in [2.05, 4.69) is 21.1 Å². The number of hydrogen-bond acceptors (Lipinski definition) is 3. The fourth-order valence-electron chi connectivity index (χ4n) is 2.98. The zero-order valence-electron chi connectivity index (χ0n) is 15.7. The van der Waals surface area contributed by atoms with Crippen LogP contribution in [0.2, 0.25) is 10.0 Å². The zero-order valence-corrected chi connectivity index (χ0v) is 19.6. The van der Waals surface area contributed by atoms with Crippen LogP contribution in [-0.4, -0.2) is 16.6 Å². The minimum absolute atomic E-state index is 0.0969. The molecule has 1 atom stereocenters. The Balaban J connectivity index is 2.08. The molecule has 0 bridgehead atoms. The fourth-order valence-corrected chi connectivity index (χ4v) is 5.19. The average molecular weight is 527 g/mol. The van der Waals surface area contributed by atoms with Gasteiger partial charge in [0, 0.05) is 35.3 Å². The highest BCUT2D eigenvalue weighted by atomic mass is 79.9. The van der Waals surface area contributed by atoms with Crippen molar-refractivity contribution in [3.05, 3.63) is 62.0 Å². The van der Waals surface area contributed by atoms with E-state index >= 15 is 0 Å². The molecule has 0 saturated carbocycles. The van der Waals surface area contributed by atoms with Crippen molar-refractivity contribution in [3.63, 3.8) is 0 Å². The lowest BCUT2D eigenvalue weighted by Gasteiger charge is -2.30. The number of oxime groups is 1. The maximum atomic E-state index is 14.2. The van der Waals surface area contributed by atoms with Crippen LogP contribution in [-0.2, 0) is 10.4 Å². The van der Waals surface area contributed by atoms with Crippen molar-refractivity contribution in [2.75, 3.05) is 0 Å². The Labute approximate surface area is 189 Å². The van der Waals surface area contributed by atoms with Crippen LogP contribution < -0.4 is 0 Å². The van der Waals surface area contributed by atoms with Crippen LogP contribution in [0.3, 0.4) is 0 Å². The highest BCUT2D eigenvalue weighted by Crippen LogP contribution is 2.51. The third-order valence-electron chi connectivity index (χ3n) is 4.20. The standard InChI is InChI=1S/C20H17BrCl2F3NOS/c1-18(2,3)29-17-14(5-4-6-15(17)21)16-10-19(28-27-16,20(24,25)26)11-7-12(22)9-13(23)8-11/h4-9H,10H2,1-3H3/t19-/m0/s1. The van der Waals surface area contributed by atoms with E-state index in [0.717, 1.165) is 9.37 Å². The van der Waals surface area contributed by atoms with E-state index in [1.165, 1.54) is 18.2 Å². The number of alkyl halides is 3. The van der Waals surface area contributed by atoms with Crippen molar-refractivity contribution in [1.29, 1.82) is 0 Å². The van der Waals surface area contributed by atoms with Crippen molar-refractivity contribution >= 4 is 56.6 Å². The molecule has 0 N–H and O–H groups in total. The van der Waals surface area contributed by atoms with E-state index in [4.69, 9.17) is 28.0 Å². The summed E-state index contributed by atoms with van der Waals surface area (Å²) < 4.78 is 43.3. The van der Waals surface area contributed by atoms with E-state index in [1.54, 1.807) is 23.9 Å². The summed E-state index contributed by atoms with van der Waals surface area (Å²) in [5, 5.41) is 4.06. The number of halogens is 6. The quantitative estimate of drug-likeness (QED) is 0.375.